The third-order valence-corrected chi connectivity index (χ3v) is 3.05. The number of nitrogens with zero attached hydrogens (tertiary/aromatic N) is 1. The van der Waals surface area contributed by atoms with Crippen LogP contribution in [0.25, 0.3) is 0 Å². The number of carbonyl (C=O) groups excluding carboxylic acids is 2. The van der Waals surface area contributed by atoms with Gasteiger partial charge in [-0.25, -0.2) is 4.79 Å². The monoisotopic (exact) mass is 212 g/mol. The highest BCUT2D eigenvalue weighted by molar-refractivity contribution is 5.83. The first kappa shape index (κ1) is 9.19. The Hall–Kier alpha value is -1.06. The summed E-state index contributed by atoms with van der Waals surface area (Å²) in [5, 5.41) is 0. The SMILES string of the molecule is [2H]C(C)(C)OC(=O)N1C2CCC1CC(=O)C2. The fourth-order valence-corrected chi connectivity index (χ4v) is 2.50. The minimum Gasteiger partial charge on any atom is -0.447 e. The second-order valence-electron chi connectivity index (χ2n) is 4.52. The van der Waals surface area contributed by atoms with Crippen molar-refractivity contribution in [2.24, 2.45) is 0 Å². The summed E-state index contributed by atoms with van der Waals surface area (Å²) in [7, 11) is 0. The number of ether oxygens (including phenoxy) is 1. The molecule has 84 valence electrons. The number of carbonyl (C=O) groups is 2. The Balaban J connectivity index is 2.06. The Bertz CT molecular complexity index is 308. The summed E-state index contributed by atoms with van der Waals surface area (Å²) in [6, 6.07) is 0.00204. The van der Waals surface area contributed by atoms with Crippen LogP contribution in [0.1, 0.15) is 40.9 Å². The lowest BCUT2D eigenvalue weighted by molar-refractivity contribution is -0.123. The Kier molecular flexibility index (Phi) is 2.35. The van der Waals surface area contributed by atoms with Gasteiger partial charge >= 0.3 is 6.09 Å². The molecule has 0 aliphatic carbocycles. The van der Waals surface area contributed by atoms with E-state index in [2.05, 4.69) is 0 Å². The lowest BCUT2D eigenvalue weighted by Crippen LogP contribution is -2.47. The molecule has 2 aliphatic rings. The molecule has 1 amide bonds. The molecule has 2 aliphatic heterocycles. The maximum absolute atomic E-state index is 11.9. The van der Waals surface area contributed by atoms with Crippen molar-refractivity contribution in [2.75, 3.05) is 0 Å². The fourth-order valence-electron chi connectivity index (χ4n) is 2.50. The van der Waals surface area contributed by atoms with Gasteiger partial charge in [-0.05, 0) is 26.7 Å². The van der Waals surface area contributed by atoms with Gasteiger partial charge in [-0.15, -0.1) is 0 Å². The molecule has 2 unspecified atom stereocenters. The highest BCUT2D eigenvalue weighted by atomic mass is 16.6. The number of amides is 1. The van der Waals surface area contributed by atoms with Crippen molar-refractivity contribution in [3.63, 3.8) is 0 Å². The number of hydrogen-bond acceptors (Lipinski definition) is 3. The lowest BCUT2D eigenvalue weighted by atomic mass is 10.0. The number of fused-ring (bicyclic) bond motifs is 2. The molecule has 0 spiro atoms. The average molecular weight is 212 g/mol. The zero-order chi connectivity index (χ0) is 11.9. The molecule has 0 radical (unpaired) electrons. The van der Waals surface area contributed by atoms with Crippen LogP contribution in [-0.2, 0) is 9.53 Å². The second-order valence-corrected chi connectivity index (χ2v) is 4.52. The van der Waals surface area contributed by atoms with E-state index in [-0.39, 0.29) is 17.9 Å². The fraction of sp³-hybridized carbons (Fsp3) is 0.818. The summed E-state index contributed by atoms with van der Waals surface area (Å²) in [5.41, 5.74) is 0. The zero-order valence-corrected chi connectivity index (χ0v) is 9.16. The molecule has 4 nitrogen and oxygen atoms in total. The van der Waals surface area contributed by atoms with Crippen molar-refractivity contribution in [1.82, 2.24) is 4.90 Å². The molecule has 4 heteroatoms. The van der Waals surface area contributed by atoms with Gasteiger partial charge in [-0.3, -0.25) is 4.79 Å². The molecular formula is C11H17NO3. The molecule has 0 N–H and O–H groups in total. The van der Waals surface area contributed by atoms with E-state index < -0.39 is 12.2 Å². The zero-order valence-electron chi connectivity index (χ0n) is 10.2. The van der Waals surface area contributed by atoms with Gasteiger partial charge in [0.2, 0.25) is 0 Å². The highest BCUT2D eigenvalue weighted by Gasteiger charge is 2.43. The van der Waals surface area contributed by atoms with Gasteiger partial charge in [0.05, 0.1) is 7.45 Å². The molecule has 15 heavy (non-hydrogen) atoms. The summed E-state index contributed by atoms with van der Waals surface area (Å²) in [6.45, 7) is 3.06. The molecule has 0 aromatic rings. The molecule has 0 aromatic heterocycles. The highest BCUT2D eigenvalue weighted by Crippen LogP contribution is 2.34. The van der Waals surface area contributed by atoms with Crippen molar-refractivity contribution < 1.29 is 15.7 Å². The van der Waals surface area contributed by atoms with Crippen LogP contribution in [-0.4, -0.2) is 34.9 Å². The van der Waals surface area contributed by atoms with Gasteiger partial charge in [0.25, 0.3) is 0 Å². The first-order valence-corrected chi connectivity index (χ1v) is 5.40. The van der Waals surface area contributed by atoms with E-state index in [4.69, 9.17) is 6.11 Å². The molecule has 2 saturated heterocycles. The van der Waals surface area contributed by atoms with Crippen LogP contribution < -0.4 is 0 Å². The van der Waals surface area contributed by atoms with Crippen molar-refractivity contribution >= 4 is 11.9 Å². The van der Waals surface area contributed by atoms with Crippen LogP contribution in [0.3, 0.4) is 0 Å². The largest absolute Gasteiger partial charge is 0.447 e. The Morgan fingerprint density at radius 1 is 1.47 bits per heavy atom. The molecule has 0 aromatic carbocycles. The van der Waals surface area contributed by atoms with Gasteiger partial charge < -0.3 is 9.64 Å². The van der Waals surface area contributed by atoms with Crippen LogP contribution in [0.2, 0.25) is 0 Å². The minimum absolute atomic E-state index is 0.00102. The smallest absolute Gasteiger partial charge is 0.410 e. The van der Waals surface area contributed by atoms with Crippen LogP contribution in [0.5, 0.6) is 0 Å². The van der Waals surface area contributed by atoms with Crippen molar-refractivity contribution in [1.29, 1.82) is 0 Å². The van der Waals surface area contributed by atoms with Gasteiger partial charge in [0, 0.05) is 24.9 Å². The van der Waals surface area contributed by atoms with Crippen LogP contribution in [0.4, 0.5) is 4.79 Å². The minimum atomic E-state index is -1.21. The molecule has 0 saturated carbocycles. The number of hydrogen-bond donors (Lipinski definition) is 0. The van der Waals surface area contributed by atoms with Gasteiger partial charge in [-0.1, -0.05) is 0 Å². The van der Waals surface area contributed by atoms with Crippen molar-refractivity contribution in [2.45, 2.75) is 57.7 Å². The molecule has 2 rings (SSSR count). The molecule has 2 fully saturated rings. The predicted octanol–water partition coefficient (Wildman–Crippen LogP) is 1.73. The van der Waals surface area contributed by atoms with E-state index in [1.807, 2.05) is 0 Å². The van der Waals surface area contributed by atoms with E-state index in [1.165, 1.54) is 13.8 Å². The normalized spacial score (nSPS) is 31.5. The van der Waals surface area contributed by atoms with Crippen molar-refractivity contribution in [3.05, 3.63) is 0 Å². The van der Waals surface area contributed by atoms with Crippen molar-refractivity contribution in [3.8, 4) is 0 Å². The number of Topliss-reactive ketones (excluding diaryl/α,β-unsaturated/α-hetero) is 1. The van der Waals surface area contributed by atoms with Crippen LogP contribution in [0.15, 0.2) is 0 Å². The maximum Gasteiger partial charge on any atom is 0.410 e. The van der Waals surface area contributed by atoms with E-state index in [1.54, 1.807) is 4.90 Å². The first-order chi connectivity index (χ1) is 7.37. The molecule has 2 bridgehead atoms. The number of rotatable bonds is 1. The Morgan fingerprint density at radius 2 is 2.00 bits per heavy atom. The third kappa shape index (κ3) is 1.98. The summed E-state index contributed by atoms with van der Waals surface area (Å²) in [4.78, 5) is 24.9. The van der Waals surface area contributed by atoms with Crippen LogP contribution >= 0.6 is 0 Å². The lowest BCUT2D eigenvalue weighted by Gasteiger charge is -2.33. The quantitative estimate of drug-likeness (QED) is 0.665. The predicted molar refractivity (Wildman–Crippen MR) is 54.5 cm³/mol. The summed E-state index contributed by atoms with van der Waals surface area (Å²) < 4.78 is 12.6. The Labute approximate surface area is 91.0 Å². The van der Waals surface area contributed by atoms with E-state index in [9.17, 15) is 9.59 Å². The Morgan fingerprint density at radius 3 is 2.47 bits per heavy atom. The third-order valence-electron chi connectivity index (χ3n) is 3.05. The van der Waals surface area contributed by atoms with Gasteiger partial charge in [0.15, 0.2) is 0 Å². The molecular weight excluding hydrogens is 194 g/mol. The van der Waals surface area contributed by atoms with Crippen LogP contribution in [0, 0.1) is 0 Å². The average Bonchev–Trinajstić information content (AvgIpc) is 2.36. The summed E-state index contributed by atoms with van der Waals surface area (Å²) >= 11 is 0. The maximum atomic E-state index is 11.9. The topological polar surface area (TPSA) is 46.6 Å². The van der Waals surface area contributed by atoms with Gasteiger partial charge in [0.1, 0.15) is 5.78 Å². The molecule has 2 heterocycles. The summed E-state index contributed by atoms with van der Waals surface area (Å²) in [5.74, 6) is 0.238. The number of piperidine rings is 1. The number of ketones is 1. The summed E-state index contributed by atoms with van der Waals surface area (Å²) in [6.07, 6.45) is 1.000. The standard InChI is InChI=1S/C11H17NO3/c1-7(2)15-11(14)12-8-3-4-9(12)6-10(13)5-8/h7-9H,3-6H2,1-2H3/i7D. The first-order valence-electron chi connectivity index (χ1n) is 5.90. The van der Waals surface area contributed by atoms with Gasteiger partial charge in [-0.2, -0.15) is 0 Å². The second kappa shape index (κ2) is 3.83. The van der Waals surface area contributed by atoms with E-state index in [0.29, 0.717) is 12.8 Å². The van der Waals surface area contributed by atoms with E-state index in [0.717, 1.165) is 12.8 Å². The molecule has 2 atom stereocenters. The van der Waals surface area contributed by atoms with E-state index >= 15 is 0 Å².